The maximum Gasteiger partial charge on any atom is 0.124 e. The molecule has 2 atom stereocenters. The van der Waals surface area contributed by atoms with Crippen molar-refractivity contribution in [3.63, 3.8) is 0 Å². The topological polar surface area (TPSA) is 64.1 Å². The van der Waals surface area contributed by atoms with E-state index in [1.165, 1.54) is 10.9 Å². The van der Waals surface area contributed by atoms with E-state index >= 15 is 4.39 Å². The van der Waals surface area contributed by atoms with Gasteiger partial charge in [-0.1, -0.05) is 24.3 Å². The van der Waals surface area contributed by atoms with E-state index in [0.717, 1.165) is 23.2 Å². The molecule has 0 radical (unpaired) electrons. The minimum Gasteiger partial charge on any atom is -0.492 e. The zero-order chi connectivity index (χ0) is 24.4. The first-order chi connectivity index (χ1) is 17.0. The normalized spacial score (nSPS) is 21.0. The summed E-state index contributed by atoms with van der Waals surface area (Å²) in [4.78, 5) is 5.84. The average molecular weight is 479 g/mol. The van der Waals surface area contributed by atoms with Crippen LogP contribution < -0.4 is 10.1 Å². The molecule has 2 N–H and O–H groups in total. The van der Waals surface area contributed by atoms with Crippen LogP contribution in [0.25, 0.3) is 10.9 Å². The number of rotatable bonds is 10. The quantitative estimate of drug-likeness (QED) is 0.393. The zero-order valence-corrected chi connectivity index (χ0v) is 20.1. The van der Waals surface area contributed by atoms with Crippen LogP contribution in [0.1, 0.15) is 54.6 Å². The summed E-state index contributed by atoms with van der Waals surface area (Å²) in [7, 11) is 0. The van der Waals surface area contributed by atoms with Gasteiger partial charge in [0, 0.05) is 35.7 Å². The van der Waals surface area contributed by atoms with Crippen LogP contribution in [-0.2, 0) is 6.42 Å². The Morgan fingerprint density at radius 1 is 1.23 bits per heavy atom. The van der Waals surface area contributed by atoms with Gasteiger partial charge >= 0.3 is 0 Å². The van der Waals surface area contributed by atoms with Crippen molar-refractivity contribution in [2.75, 3.05) is 32.9 Å². The largest absolute Gasteiger partial charge is 0.492 e. The first-order valence-electron chi connectivity index (χ1n) is 12.5. The molecule has 7 heteroatoms. The molecule has 2 aliphatic rings. The first kappa shape index (κ1) is 23.8. The zero-order valence-electron chi connectivity index (χ0n) is 20.1. The molecule has 184 valence electrons. The molecule has 5 nitrogen and oxygen atoms in total. The Morgan fingerprint density at radius 2 is 2.06 bits per heavy atom. The van der Waals surface area contributed by atoms with Gasteiger partial charge in [-0.3, -0.25) is 9.29 Å². The second-order valence-corrected chi connectivity index (χ2v) is 9.84. The molecule has 0 unspecified atom stereocenters. The van der Waals surface area contributed by atoms with E-state index in [-0.39, 0.29) is 18.8 Å². The van der Waals surface area contributed by atoms with Gasteiger partial charge in [0.1, 0.15) is 18.0 Å². The van der Waals surface area contributed by atoms with Gasteiger partial charge in [-0.25, -0.2) is 4.39 Å². The SMILES string of the molecule is C[C@@H]1Cc2c([nH]c3ccccc23)[C@@H](c2ccc(OCCNCCCF)cc2C#N)N1CC1(F)CC1. The van der Waals surface area contributed by atoms with Crippen LogP contribution in [0.15, 0.2) is 42.5 Å². The molecule has 2 heterocycles. The van der Waals surface area contributed by atoms with E-state index in [0.29, 0.717) is 56.8 Å². The molecular formula is C28H32F2N4O. The maximum atomic E-state index is 15.1. The number of aromatic amines is 1. The maximum absolute atomic E-state index is 15.1. The van der Waals surface area contributed by atoms with E-state index in [4.69, 9.17) is 4.74 Å². The molecule has 5 rings (SSSR count). The van der Waals surface area contributed by atoms with E-state index in [9.17, 15) is 9.65 Å². The number of halogens is 2. The summed E-state index contributed by atoms with van der Waals surface area (Å²) >= 11 is 0. The highest BCUT2D eigenvalue weighted by Crippen LogP contribution is 2.47. The molecular weight excluding hydrogens is 446 g/mol. The summed E-state index contributed by atoms with van der Waals surface area (Å²) in [6, 6.07) is 16.1. The van der Waals surface area contributed by atoms with Gasteiger partial charge in [0.2, 0.25) is 0 Å². The van der Waals surface area contributed by atoms with Crippen molar-refractivity contribution in [3.05, 3.63) is 64.8 Å². The monoisotopic (exact) mass is 478 g/mol. The Kier molecular flexibility index (Phi) is 6.77. The van der Waals surface area contributed by atoms with Gasteiger partial charge in [-0.15, -0.1) is 0 Å². The molecule has 1 fully saturated rings. The minimum atomic E-state index is -1.14. The molecule has 0 saturated heterocycles. The predicted octanol–water partition coefficient (Wildman–Crippen LogP) is 5.21. The fourth-order valence-electron chi connectivity index (χ4n) is 5.23. The molecule has 2 aromatic carbocycles. The summed E-state index contributed by atoms with van der Waals surface area (Å²) in [5.41, 5.74) is 3.63. The van der Waals surface area contributed by atoms with Crippen molar-refractivity contribution < 1.29 is 13.5 Å². The molecule has 0 bridgehead atoms. The van der Waals surface area contributed by atoms with Gasteiger partial charge < -0.3 is 15.0 Å². The number of hydrogen-bond acceptors (Lipinski definition) is 4. The molecule has 3 aromatic rings. The van der Waals surface area contributed by atoms with Crippen LogP contribution in [0, 0.1) is 11.3 Å². The fraction of sp³-hybridized carbons (Fsp3) is 0.464. The van der Waals surface area contributed by atoms with Crippen LogP contribution in [0.5, 0.6) is 5.75 Å². The standard InChI is InChI=1S/C28H32F2N4O/c1-19-15-24-23-5-2-3-6-25(23)33-26(24)27(34(19)18-28(30)9-10-28)22-8-7-21(16-20(22)17-31)35-14-13-32-12-4-11-29/h2-3,5-8,16,19,27,32-33H,4,9-15,18H2,1H3/t19-,27-/m1/s1. The number of aromatic nitrogens is 1. The number of nitrogens with one attached hydrogen (secondary N) is 2. The summed E-state index contributed by atoms with van der Waals surface area (Å²) in [5.74, 6) is 0.619. The number of nitrogens with zero attached hydrogens (tertiary/aromatic N) is 2. The average Bonchev–Trinajstić information content (AvgIpc) is 3.49. The highest BCUT2D eigenvalue weighted by molar-refractivity contribution is 5.85. The van der Waals surface area contributed by atoms with Crippen LogP contribution in [0.4, 0.5) is 8.78 Å². The minimum absolute atomic E-state index is 0.137. The van der Waals surface area contributed by atoms with Gasteiger partial charge in [-0.2, -0.15) is 5.26 Å². The Hall–Kier alpha value is -2.95. The number of alkyl halides is 2. The van der Waals surface area contributed by atoms with Crippen molar-refractivity contribution in [2.24, 2.45) is 0 Å². The molecule has 1 aromatic heterocycles. The molecule has 1 aliphatic heterocycles. The highest BCUT2D eigenvalue weighted by Gasteiger charge is 2.48. The van der Waals surface area contributed by atoms with E-state index in [2.05, 4.69) is 40.3 Å². The second-order valence-electron chi connectivity index (χ2n) is 9.84. The lowest BCUT2D eigenvalue weighted by Crippen LogP contribution is -2.46. The van der Waals surface area contributed by atoms with Gasteiger partial charge in [-0.05, 0) is 68.5 Å². The second kappa shape index (κ2) is 9.96. The lowest BCUT2D eigenvalue weighted by molar-refractivity contribution is 0.0967. The number of nitriles is 1. The lowest BCUT2D eigenvalue weighted by Gasteiger charge is -2.42. The Labute approximate surface area is 205 Å². The van der Waals surface area contributed by atoms with Crippen molar-refractivity contribution >= 4 is 10.9 Å². The summed E-state index contributed by atoms with van der Waals surface area (Å²) in [5, 5.41) is 14.4. The summed E-state index contributed by atoms with van der Waals surface area (Å²) < 4.78 is 33.1. The predicted molar refractivity (Wildman–Crippen MR) is 133 cm³/mol. The number of ether oxygens (including phenoxy) is 1. The van der Waals surface area contributed by atoms with E-state index in [1.807, 2.05) is 24.3 Å². The third kappa shape index (κ3) is 4.91. The number of fused-ring (bicyclic) bond motifs is 3. The van der Waals surface area contributed by atoms with Gasteiger partial charge in [0.05, 0.1) is 24.3 Å². The lowest BCUT2D eigenvalue weighted by atomic mass is 9.86. The van der Waals surface area contributed by atoms with Gasteiger partial charge in [0.15, 0.2) is 0 Å². The smallest absolute Gasteiger partial charge is 0.124 e. The van der Waals surface area contributed by atoms with Crippen LogP contribution >= 0.6 is 0 Å². The Balaban J connectivity index is 1.47. The van der Waals surface area contributed by atoms with Crippen molar-refractivity contribution in [1.29, 1.82) is 5.26 Å². The number of benzene rings is 2. The van der Waals surface area contributed by atoms with Crippen LogP contribution in [-0.4, -0.2) is 54.5 Å². The van der Waals surface area contributed by atoms with Gasteiger partial charge in [0.25, 0.3) is 0 Å². The molecule has 35 heavy (non-hydrogen) atoms. The first-order valence-corrected chi connectivity index (χ1v) is 12.5. The van der Waals surface area contributed by atoms with Crippen molar-refractivity contribution in [3.8, 4) is 11.8 Å². The highest BCUT2D eigenvalue weighted by atomic mass is 19.1. The number of para-hydroxylation sites is 1. The molecule has 1 saturated carbocycles. The summed E-state index contributed by atoms with van der Waals surface area (Å²) in [6.45, 7) is 3.83. The Bertz CT molecular complexity index is 1230. The van der Waals surface area contributed by atoms with Crippen LogP contribution in [0.3, 0.4) is 0 Å². The number of hydrogen-bond donors (Lipinski definition) is 2. The van der Waals surface area contributed by atoms with Crippen molar-refractivity contribution in [1.82, 2.24) is 15.2 Å². The third-order valence-corrected chi connectivity index (χ3v) is 7.25. The van der Waals surface area contributed by atoms with E-state index in [1.54, 1.807) is 6.07 Å². The molecule has 0 amide bonds. The molecule has 1 aliphatic carbocycles. The number of H-pyrrole nitrogens is 1. The summed E-state index contributed by atoms with van der Waals surface area (Å²) in [6.07, 6.45) is 2.52. The van der Waals surface area contributed by atoms with Crippen LogP contribution in [0.2, 0.25) is 0 Å². The third-order valence-electron chi connectivity index (χ3n) is 7.25. The molecule has 0 spiro atoms. The van der Waals surface area contributed by atoms with E-state index < -0.39 is 5.67 Å². The Morgan fingerprint density at radius 3 is 2.83 bits per heavy atom. The van der Waals surface area contributed by atoms with Crippen molar-refractivity contribution in [2.45, 2.75) is 50.4 Å². The fourth-order valence-corrected chi connectivity index (χ4v) is 5.23.